The third kappa shape index (κ3) is 3.87. The Balaban J connectivity index is 1.94. The van der Waals surface area contributed by atoms with E-state index in [0.717, 1.165) is 38.3 Å². The fraction of sp³-hybridized carbons (Fsp3) is 0.571. The standard InChI is InChI=1S/C14H20ClNO2/c1-2-6-18-14-4-3-11(9-13(14)15)8-12-10-16-5-7-17-12/h3-4,9,12,16H,2,5-8,10H2,1H3/t12-/m1/s1. The summed E-state index contributed by atoms with van der Waals surface area (Å²) in [5.74, 6) is 0.768. The zero-order valence-corrected chi connectivity index (χ0v) is 11.5. The van der Waals surface area contributed by atoms with Crippen LogP contribution in [-0.2, 0) is 11.2 Å². The normalized spacial score (nSPS) is 19.8. The average molecular weight is 270 g/mol. The topological polar surface area (TPSA) is 30.5 Å². The van der Waals surface area contributed by atoms with Gasteiger partial charge >= 0.3 is 0 Å². The van der Waals surface area contributed by atoms with Gasteiger partial charge in [0.2, 0.25) is 0 Å². The molecule has 1 aromatic carbocycles. The quantitative estimate of drug-likeness (QED) is 0.892. The summed E-state index contributed by atoms with van der Waals surface area (Å²) in [6.45, 7) is 5.42. The summed E-state index contributed by atoms with van der Waals surface area (Å²) in [5, 5.41) is 4.01. The molecule has 1 aliphatic heterocycles. The van der Waals surface area contributed by atoms with Gasteiger partial charge in [-0.25, -0.2) is 0 Å². The van der Waals surface area contributed by atoms with E-state index in [1.54, 1.807) is 0 Å². The van der Waals surface area contributed by atoms with Crippen molar-refractivity contribution in [3.05, 3.63) is 28.8 Å². The van der Waals surface area contributed by atoms with Crippen LogP contribution in [0.5, 0.6) is 5.75 Å². The number of benzene rings is 1. The average Bonchev–Trinajstić information content (AvgIpc) is 2.39. The highest BCUT2D eigenvalue weighted by molar-refractivity contribution is 6.32. The Morgan fingerprint density at radius 2 is 2.39 bits per heavy atom. The van der Waals surface area contributed by atoms with Crippen molar-refractivity contribution in [3.63, 3.8) is 0 Å². The summed E-state index contributed by atoms with van der Waals surface area (Å²) in [7, 11) is 0. The van der Waals surface area contributed by atoms with Crippen LogP contribution in [0.25, 0.3) is 0 Å². The molecule has 0 saturated carbocycles. The predicted octanol–water partition coefficient (Wildman–Crippen LogP) is 2.66. The van der Waals surface area contributed by atoms with Crippen molar-refractivity contribution in [1.82, 2.24) is 5.32 Å². The first-order valence-corrected chi connectivity index (χ1v) is 6.91. The first-order valence-electron chi connectivity index (χ1n) is 6.53. The second kappa shape index (κ2) is 6.98. The summed E-state index contributed by atoms with van der Waals surface area (Å²) in [5.41, 5.74) is 1.19. The van der Waals surface area contributed by atoms with Crippen LogP contribution in [0, 0.1) is 0 Å². The van der Waals surface area contributed by atoms with Gasteiger partial charge in [0.15, 0.2) is 0 Å². The van der Waals surface area contributed by atoms with Crippen molar-refractivity contribution in [2.75, 3.05) is 26.3 Å². The number of ether oxygens (including phenoxy) is 2. The highest BCUT2D eigenvalue weighted by atomic mass is 35.5. The van der Waals surface area contributed by atoms with Crippen molar-refractivity contribution in [2.45, 2.75) is 25.9 Å². The van der Waals surface area contributed by atoms with Gasteiger partial charge in [0.05, 0.1) is 24.3 Å². The minimum absolute atomic E-state index is 0.247. The molecule has 0 amide bonds. The largest absolute Gasteiger partial charge is 0.492 e. The Morgan fingerprint density at radius 1 is 1.50 bits per heavy atom. The molecule has 1 aromatic rings. The van der Waals surface area contributed by atoms with E-state index in [4.69, 9.17) is 21.1 Å². The van der Waals surface area contributed by atoms with E-state index < -0.39 is 0 Å². The van der Waals surface area contributed by atoms with E-state index in [2.05, 4.69) is 18.3 Å². The van der Waals surface area contributed by atoms with Crippen molar-refractivity contribution >= 4 is 11.6 Å². The smallest absolute Gasteiger partial charge is 0.137 e. The van der Waals surface area contributed by atoms with Crippen LogP contribution in [0.2, 0.25) is 5.02 Å². The third-order valence-electron chi connectivity index (χ3n) is 2.93. The van der Waals surface area contributed by atoms with Crippen LogP contribution in [0.3, 0.4) is 0 Å². The molecule has 1 aliphatic rings. The molecule has 100 valence electrons. The lowest BCUT2D eigenvalue weighted by atomic mass is 10.1. The van der Waals surface area contributed by atoms with Crippen LogP contribution >= 0.6 is 11.6 Å². The summed E-state index contributed by atoms with van der Waals surface area (Å²) in [6.07, 6.45) is 2.12. The van der Waals surface area contributed by atoms with Gasteiger partial charge in [-0.1, -0.05) is 24.6 Å². The minimum Gasteiger partial charge on any atom is -0.492 e. The lowest BCUT2D eigenvalue weighted by Gasteiger charge is -2.23. The lowest BCUT2D eigenvalue weighted by Crippen LogP contribution is -2.39. The van der Waals surface area contributed by atoms with Gasteiger partial charge in [-0.3, -0.25) is 0 Å². The minimum atomic E-state index is 0.247. The fourth-order valence-electron chi connectivity index (χ4n) is 2.01. The molecule has 3 nitrogen and oxygen atoms in total. The van der Waals surface area contributed by atoms with E-state index >= 15 is 0 Å². The highest BCUT2D eigenvalue weighted by Gasteiger charge is 2.14. The van der Waals surface area contributed by atoms with Crippen LogP contribution in [0.1, 0.15) is 18.9 Å². The molecule has 0 aromatic heterocycles. The number of halogens is 1. The molecule has 0 radical (unpaired) electrons. The van der Waals surface area contributed by atoms with Gasteiger partial charge in [-0.15, -0.1) is 0 Å². The molecule has 18 heavy (non-hydrogen) atoms. The molecule has 1 saturated heterocycles. The fourth-order valence-corrected chi connectivity index (χ4v) is 2.27. The second-order valence-corrected chi connectivity index (χ2v) is 4.92. The second-order valence-electron chi connectivity index (χ2n) is 4.51. The molecular formula is C14H20ClNO2. The molecule has 0 aliphatic carbocycles. The van der Waals surface area contributed by atoms with Gasteiger partial charge in [0.25, 0.3) is 0 Å². The maximum atomic E-state index is 6.20. The van der Waals surface area contributed by atoms with Gasteiger partial charge in [-0.2, -0.15) is 0 Å². The maximum Gasteiger partial charge on any atom is 0.137 e. The van der Waals surface area contributed by atoms with E-state index in [1.165, 1.54) is 5.56 Å². The zero-order valence-electron chi connectivity index (χ0n) is 10.7. The van der Waals surface area contributed by atoms with Crippen molar-refractivity contribution < 1.29 is 9.47 Å². The summed E-state index contributed by atoms with van der Waals surface area (Å²) < 4.78 is 11.2. The predicted molar refractivity (Wildman–Crippen MR) is 73.6 cm³/mol. The SMILES string of the molecule is CCCOc1ccc(C[C@@H]2CNCCO2)cc1Cl. The van der Waals surface area contributed by atoms with Crippen LogP contribution in [-0.4, -0.2) is 32.4 Å². The zero-order chi connectivity index (χ0) is 12.8. The molecule has 0 unspecified atom stereocenters. The molecule has 1 heterocycles. The number of hydrogen-bond donors (Lipinski definition) is 1. The Morgan fingerprint density at radius 3 is 3.06 bits per heavy atom. The van der Waals surface area contributed by atoms with Crippen molar-refractivity contribution in [2.24, 2.45) is 0 Å². The van der Waals surface area contributed by atoms with E-state index in [1.807, 2.05) is 12.1 Å². The van der Waals surface area contributed by atoms with Crippen LogP contribution in [0.4, 0.5) is 0 Å². The van der Waals surface area contributed by atoms with Gasteiger partial charge in [0.1, 0.15) is 5.75 Å². The summed E-state index contributed by atoms with van der Waals surface area (Å²) >= 11 is 6.20. The van der Waals surface area contributed by atoms with Gasteiger partial charge in [-0.05, 0) is 30.5 Å². The molecule has 0 spiro atoms. The van der Waals surface area contributed by atoms with Crippen molar-refractivity contribution in [1.29, 1.82) is 0 Å². The highest BCUT2D eigenvalue weighted by Crippen LogP contribution is 2.26. The first-order chi connectivity index (χ1) is 8.79. The molecule has 2 rings (SSSR count). The number of hydrogen-bond acceptors (Lipinski definition) is 3. The molecule has 4 heteroatoms. The third-order valence-corrected chi connectivity index (χ3v) is 3.22. The van der Waals surface area contributed by atoms with Gasteiger partial charge < -0.3 is 14.8 Å². The van der Waals surface area contributed by atoms with Crippen LogP contribution in [0.15, 0.2) is 18.2 Å². The van der Waals surface area contributed by atoms with Crippen LogP contribution < -0.4 is 10.1 Å². The molecule has 1 fully saturated rings. The number of nitrogens with one attached hydrogen (secondary N) is 1. The van der Waals surface area contributed by atoms with E-state index in [-0.39, 0.29) is 6.10 Å². The Bertz CT molecular complexity index is 378. The summed E-state index contributed by atoms with van der Waals surface area (Å²) in [6, 6.07) is 5.99. The Hall–Kier alpha value is -0.770. The van der Waals surface area contributed by atoms with E-state index in [9.17, 15) is 0 Å². The number of morpholine rings is 1. The Labute approximate surface area is 113 Å². The molecular weight excluding hydrogens is 250 g/mol. The molecule has 0 bridgehead atoms. The Kier molecular flexibility index (Phi) is 5.29. The maximum absolute atomic E-state index is 6.20. The van der Waals surface area contributed by atoms with E-state index in [0.29, 0.717) is 11.6 Å². The first kappa shape index (κ1) is 13.7. The molecule has 1 atom stereocenters. The monoisotopic (exact) mass is 269 g/mol. The van der Waals surface area contributed by atoms with Crippen molar-refractivity contribution in [3.8, 4) is 5.75 Å². The number of rotatable bonds is 5. The van der Waals surface area contributed by atoms with Gasteiger partial charge in [0, 0.05) is 13.1 Å². The lowest BCUT2D eigenvalue weighted by molar-refractivity contribution is 0.0292. The molecule has 1 N–H and O–H groups in total. The summed E-state index contributed by atoms with van der Waals surface area (Å²) in [4.78, 5) is 0.